The number of carbonyl (C=O) groups is 1. The number of rotatable bonds is 1. The van der Waals surface area contributed by atoms with Gasteiger partial charge in [-0.2, -0.15) is 0 Å². The van der Waals surface area contributed by atoms with Crippen LogP contribution < -0.4 is 5.32 Å². The summed E-state index contributed by atoms with van der Waals surface area (Å²) in [6.07, 6.45) is 2.63. The third-order valence-corrected chi connectivity index (χ3v) is 4.07. The number of likely N-dealkylation sites (tertiary alicyclic amines) is 1. The minimum Gasteiger partial charge on any atom is -0.382 e. The topological polar surface area (TPSA) is 32.3 Å². The SMILES string of the molecule is C[C@@H]1C[C@H](N2CCCC2=O)c2cc(Cl)ccc2N1. The van der Waals surface area contributed by atoms with Crippen molar-refractivity contribution < 1.29 is 4.79 Å². The van der Waals surface area contributed by atoms with Crippen molar-refractivity contribution in [3.05, 3.63) is 28.8 Å². The Balaban J connectivity index is 2.00. The van der Waals surface area contributed by atoms with E-state index in [1.165, 1.54) is 0 Å². The number of carbonyl (C=O) groups excluding carboxylic acids is 1. The Kier molecular flexibility index (Phi) is 2.94. The second kappa shape index (κ2) is 4.47. The third-order valence-electron chi connectivity index (χ3n) is 3.84. The number of halogens is 1. The fourth-order valence-corrected chi connectivity index (χ4v) is 3.20. The molecule has 1 fully saturated rings. The summed E-state index contributed by atoms with van der Waals surface area (Å²) >= 11 is 6.09. The highest BCUT2D eigenvalue weighted by atomic mass is 35.5. The molecule has 2 aliphatic rings. The number of amides is 1. The van der Waals surface area contributed by atoms with E-state index in [0.717, 1.165) is 35.7 Å². The van der Waals surface area contributed by atoms with Gasteiger partial charge in [-0.05, 0) is 43.5 Å². The van der Waals surface area contributed by atoms with E-state index >= 15 is 0 Å². The first-order chi connectivity index (χ1) is 8.65. The van der Waals surface area contributed by atoms with Crippen molar-refractivity contribution in [1.82, 2.24) is 4.90 Å². The number of hydrogen-bond acceptors (Lipinski definition) is 2. The molecule has 0 aliphatic carbocycles. The zero-order chi connectivity index (χ0) is 12.7. The van der Waals surface area contributed by atoms with Crippen LogP contribution >= 0.6 is 11.6 Å². The largest absolute Gasteiger partial charge is 0.382 e. The van der Waals surface area contributed by atoms with E-state index in [0.29, 0.717) is 12.5 Å². The molecular weight excluding hydrogens is 248 g/mol. The van der Waals surface area contributed by atoms with E-state index in [1.807, 2.05) is 23.1 Å². The molecule has 1 aromatic rings. The van der Waals surface area contributed by atoms with Crippen molar-refractivity contribution in [2.45, 2.75) is 38.3 Å². The van der Waals surface area contributed by atoms with Crippen molar-refractivity contribution in [2.24, 2.45) is 0 Å². The number of nitrogens with zero attached hydrogens (tertiary/aromatic N) is 1. The normalized spacial score (nSPS) is 27.0. The summed E-state index contributed by atoms with van der Waals surface area (Å²) in [6.45, 7) is 3.03. The van der Waals surface area contributed by atoms with Gasteiger partial charge >= 0.3 is 0 Å². The van der Waals surface area contributed by atoms with Crippen molar-refractivity contribution in [2.75, 3.05) is 11.9 Å². The highest BCUT2D eigenvalue weighted by molar-refractivity contribution is 6.30. The average Bonchev–Trinajstić information content (AvgIpc) is 2.75. The predicted octanol–water partition coefficient (Wildman–Crippen LogP) is 3.21. The van der Waals surface area contributed by atoms with E-state index in [2.05, 4.69) is 12.2 Å². The number of fused-ring (bicyclic) bond motifs is 1. The van der Waals surface area contributed by atoms with E-state index in [1.54, 1.807) is 0 Å². The van der Waals surface area contributed by atoms with E-state index in [-0.39, 0.29) is 11.9 Å². The molecule has 2 atom stereocenters. The Bertz CT molecular complexity index is 489. The highest BCUT2D eigenvalue weighted by Gasteiger charge is 2.34. The molecule has 3 nitrogen and oxygen atoms in total. The predicted molar refractivity (Wildman–Crippen MR) is 72.8 cm³/mol. The van der Waals surface area contributed by atoms with Crippen LogP contribution in [0.2, 0.25) is 5.02 Å². The lowest BCUT2D eigenvalue weighted by atomic mass is 9.92. The molecule has 96 valence electrons. The second-order valence-electron chi connectivity index (χ2n) is 5.22. The van der Waals surface area contributed by atoms with Crippen molar-refractivity contribution >= 4 is 23.2 Å². The van der Waals surface area contributed by atoms with Crippen LogP contribution in [0.25, 0.3) is 0 Å². The van der Waals surface area contributed by atoms with Crippen LogP contribution in [0.4, 0.5) is 5.69 Å². The fraction of sp³-hybridized carbons (Fsp3) is 0.500. The molecule has 3 rings (SSSR count). The molecule has 1 aromatic carbocycles. The second-order valence-corrected chi connectivity index (χ2v) is 5.66. The number of anilines is 1. The van der Waals surface area contributed by atoms with Gasteiger partial charge < -0.3 is 10.2 Å². The number of benzene rings is 1. The van der Waals surface area contributed by atoms with Crippen LogP contribution in [-0.2, 0) is 4.79 Å². The van der Waals surface area contributed by atoms with Gasteiger partial charge in [0.15, 0.2) is 0 Å². The van der Waals surface area contributed by atoms with Gasteiger partial charge in [0.2, 0.25) is 5.91 Å². The fourth-order valence-electron chi connectivity index (χ4n) is 3.02. The van der Waals surface area contributed by atoms with Gasteiger partial charge in [0.05, 0.1) is 6.04 Å². The van der Waals surface area contributed by atoms with E-state index in [9.17, 15) is 4.79 Å². The zero-order valence-corrected chi connectivity index (χ0v) is 11.2. The van der Waals surface area contributed by atoms with E-state index in [4.69, 9.17) is 11.6 Å². The average molecular weight is 265 g/mol. The highest BCUT2D eigenvalue weighted by Crippen LogP contribution is 2.39. The summed E-state index contributed by atoms with van der Waals surface area (Å²) in [5.41, 5.74) is 2.28. The molecule has 1 saturated heterocycles. The molecule has 0 radical (unpaired) electrons. The standard InChI is InChI=1S/C14H17ClN2O/c1-9-7-13(17-6-2-3-14(17)18)11-8-10(15)4-5-12(11)16-9/h4-5,8-9,13,16H,2-3,6-7H2,1H3/t9-,13+/m1/s1. The van der Waals surface area contributed by atoms with Crippen LogP contribution in [0.1, 0.15) is 37.8 Å². The molecule has 0 bridgehead atoms. The first-order valence-electron chi connectivity index (χ1n) is 6.50. The summed E-state index contributed by atoms with van der Waals surface area (Å²) < 4.78 is 0. The van der Waals surface area contributed by atoms with Gasteiger partial charge in [-0.25, -0.2) is 0 Å². The molecule has 0 saturated carbocycles. The minimum atomic E-state index is 0.185. The molecule has 0 spiro atoms. The molecule has 1 N–H and O–H groups in total. The Morgan fingerprint density at radius 1 is 1.44 bits per heavy atom. The summed E-state index contributed by atoms with van der Waals surface area (Å²) in [7, 11) is 0. The lowest BCUT2D eigenvalue weighted by molar-refractivity contribution is -0.130. The van der Waals surface area contributed by atoms with Crippen LogP contribution in [0, 0.1) is 0 Å². The van der Waals surface area contributed by atoms with Gasteiger partial charge in [0.1, 0.15) is 0 Å². The van der Waals surface area contributed by atoms with E-state index < -0.39 is 0 Å². The van der Waals surface area contributed by atoms with Crippen molar-refractivity contribution in [1.29, 1.82) is 0 Å². The maximum atomic E-state index is 11.9. The van der Waals surface area contributed by atoms with Gasteiger partial charge in [0, 0.05) is 29.7 Å². The van der Waals surface area contributed by atoms with Crippen LogP contribution in [-0.4, -0.2) is 23.4 Å². The smallest absolute Gasteiger partial charge is 0.223 e. The Hall–Kier alpha value is -1.22. The molecule has 2 heterocycles. The third kappa shape index (κ3) is 1.97. The first-order valence-corrected chi connectivity index (χ1v) is 6.88. The molecule has 1 amide bonds. The molecule has 0 unspecified atom stereocenters. The molecule has 0 aromatic heterocycles. The Morgan fingerprint density at radius 3 is 3.00 bits per heavy atom. The van der Waals surface area contributed by atoms with Crippen LogP contribution in [0.15, 0.2) is 18.2 Å². The van der Waals surface area contributed by atoms with Crippen LogP contribution in [0.3, 0.4) is 0 Å². The van der Waals surface area contributed by atoms with Gasteiger partial charge in [0.25, 0.3) is 0 Å². The maximum Gasteiger partial charge on any atom is 0.223 e. The Morgan fingerprint density at radius 2 is 2.28 bits per heavy atom. The van der Waals surface area contributed by atoms with Crippen molar-refractivity contribution in [3.8, 4) is 0 Å². The van der Waals surface area contributed by atoms with Crippen molar-refractivity contribution in [3.63, 3.8) is 0 Å². The zero-order valence-electron chi connectivity index (χ0n) is 10.4. The van der Waals surface area contributed by atoms with Crippen LogP contribution in [0.5, 0.6) is 0 Å². The lowest BCUT2D eigenvalue weighted by Gasteiger charge is -2.37. The molecular formula is C14H17ClN2O. The molecule has 4 heteroatoms. The summed E-state index contributed by atoms with van der Waals surface area (Å²) in [5.74, 6) is 0.278. The summed E-state index contributed by atoms with van der Waals surface area (Å²) in [4.78, 5) is 14.0. The van der Waals surface area contributed by atoms with Gasteiger partial charge in [-0.15, -0.1) is 0 Å². The Labute approximate surface area is 112 Å². The number of hydrogen-bond donors (Lipinski definition) is 1. The van der Waals surface area contributed by atoms with Gasteiger partial charge in [-0.1, -0.05) is 11.6 Å². The summed E-state index contributed by atoms with van der Waals surface area (Å²) in [5, 5.41) is 4.20. The molecule has 2 aliphatic heterocycles. The van der Waals surface area contributed by atoms with Gasteiger partial charge in [-0.3, -0.25) is 4.79 Å². The first kappa shape index (κ1) is 11.8. The quantitative estimate of drug-likeness (QED) is 0.845. The minimum absolute atomic E-state index is 0.185. The lowest BCUT2D eigenvalue weighted by Crippen LogP contribution is -2.37. The summed E-state index contributed by atoms with van der Waals surface area (Å²) in [6, 6.07) is 6.48. The molecule has 18 heavy (non-hydrogen) atoms. The monoisotopic (exact) mass is 264 g/mol. The maximum absolute atomic E-state index is 11.9. The number of nitrogens with one attached hydrogen (secondary N) is 1.